The van der Waals surface area contributed by atoms with E-state index in [1.54, 1.807) is 36.4 Å². The molecule has 0 atom stereocenters. The van der Waals surface area contributed by atoms with Gasteiger partial charge in [-0.05, 0) is 58.4 Å². The highest BCUT2D eigenvalue weighted by Gasteiger charge is 2.17. The second kappa shape index (κ2) is 5.52. The van der Waals surface area contributed by atoms with E-state index < -0.39 is 10.0 Å². The van der Waals surface area contributed by atoms with Gasteiger partial charge in [0.2, 0.25) is 0 Å². The number of anilines is 2. The topological polar surface area (TPSA) is 72.2 Å². The summed E-state index contributed by atoms with van der Waals surface area (Å²) in [4.78, 5) is 0.143. The Bertz CT molecular complexity index is 700. The molecule has 2 aromatic carbocycles. The van der Waals surface area contributed by atoms with Crippen LogP contribution in [0.15, 0.2) is 56.3 Å². The molecule has 0 aromatic heterocycles. The van der Waals surface area contributed by atoms with Crippen molar-refractivity contribution >= 4 is 53.3 Å². The Morgan fingerprint density at radius 1 is 1.00 bits per heavy atom. The first-order chi connectivity index (χ1) is 8.88. The van der Waals surface area contributed by atoms with Crippen molar-refractivity contribution in [3.05, 3.63) is 51.4 Å². The van der Waals surface area contributed by atoms with Crippen LogP contribution in [0.25, 0.3) is 0 Å². The van der Waals surface area contributed by atoms with Gasteiger partial charge in [0.05, 0.1) is 0 Å². The molecule has 0 aliphatic carbocycles. The molecular formula is C12H10Br2N2O2S. The summed E-state index contributed by atoms with van der Waals surface area (Å²) in [5.41, 5.74) is 6.58. The summed E-state index contributed by atoms with van der Waals surface area (Å²) in [6.45, 7) is 0. The van der Waals surface area contributed by atoms with E-state index in [9.17, 15) is 8.42 Å². The van der Waals surface area contributed by atoms with Gasteiger partial charge >= 0.3 is 0 Å². The van der Waals surface area contributed by atoms with Crippen LogP contribution >= 0.6 is 31.9 Å². The molecule has 2 aromatic rings. The highest BCUT2D eigenvalue weighted by molar-refractivity contribution is 9.10. The molecule has 19 heavy (non-hydrogen) atoms. The van der Waals surface area contributed by atoms with Crippen molar-refractivity contribution in [2.45, 2.75) is 4.90 Å². The third-order valence-electron chi connectivity index (χ3n) is 2.34. The predicted octanol–water partition coefficient (Wildman–Crippen LogP) is 3.59. The summed E-state index contributed by atoms with van der Waals surface area (Å²) in [6.07, 6.45) is 0. The molecule has 4 nitrogen and oxygen atoms in total. The molecule has 0 saturated carbocycles. The molecule has 0 unspecified atom stereocenters. The first-order valence-corrected chi connectivity index (χ1v) is 8.29. The largest absolute Gasteiger partial charge is 0.399 e. The summed E-state index contributed by atoms with van der Waals surface area (Å²) in [5, 5.41) is 0. The lowest BCUT2D eigenvalue weighted by Crippen LogP contribution is -2.13. The zero-order valence-electron chi connectivity index (χ0n) is 9.60. The minimum absolute atomic E-state index is 0.143. The number of benzene rings is 2. The number of halogens is 2. The van der Waals surface area contributed by atoms with Crippen molar-refractivity contribution < 1.29 is 8.42 Å². The van der Waals surface area contributed by atoms with Gasteiger partial charge in [-0.2, -0.15) is 0 Å². The Balaban J connectivity index is 2.35. The fourth-order valence-electron chi connectivity index (χ4n) is 1.46. The molecule has 100 valence electrons. The minimum atomic E-state index is -3.64. The van der Waals surface area contributed by atoms with Gasteiger partial charge in [-0.1, -0.05) is 15.9 Å². The Hall–Kier alpha value is -1.05. The Morgan fingerprint density at radius 2 is 1.63 bits per heavy atom. The molecule has 7 heteroatoms. The highest BCUT2D eigenvalue weighted by Crippen LogP contribution is 2.26. The van der Waals surface area contributed by atoms with Crippen molar-refractivity contribution in [3.8, 4) is 0 Å². The van der Waals surface area contributed by atoms with Gasteiger partial charge in [0.15, 0.2) is 0 Å². The number of hydrogen-bond acceptors (Lipinski definition) is 3. The third kappa shape index (κ3) is 3.49. The van der Waals surface area contributed by atoms with E-state index in [-0.39, 0.29) is 4.90 Å². The minimum Gasteiger partial charge on any atom is -0.399 e. The van der Waals surface area contributed by atoms with Crippen LogP contribution in [0, 0.1) is 0 Å². The molecule has 0 aliphatic heterocycles. The van der Waals surface area contributed by atoms with Gasteiger partial charge < -0.3 is 5.73 Å². The Labute approximate surface area is 128 Å². The SMILES string of the molecule is Nc1ccc(S(=O)(=O)Nc2ccc(Br)cc2)c(Br)c1. The lowest BCUT2D eigenvalue weighted by atomic mass is 10.3. The van der Waals surface area contributed by atoms with Gasteiger partial charge in [0.1, 0.15) is 4.90 Å². The highest BCUT2D eigenvalue weighted by atomic mass is 79.9. The van der Waals surface area contributed by atoms with Crippen LogP contribution in [0.4, 0.5) is 11.4 Å². The van der Waals surface area contributed by atoms with Crippen molar-refractivity contribution in [2.24, 2.45) is 0 Å². The summed E-state index contributed by atoms with van der Waals surface area (Å²) in [6, 6.07) is 11.4. The van der Waals surface area contributed by atoms with Crippen LogP contribution in [0.3, 0.4) is 0 Å². The number of hydrogen-bond donors (Lipinski definition) is 2. The summed E-state index contributed by atoms with van der Waals surface area (Å²) >= 11 is 6.49. The van der Waals surface area contributed by atoms with Crippen LogP contribution in [-0.2, 0) is 10.0 Å². The maximum Gasteiger partial charge on any atom is 0.263 e. The fraction of sp³-hybridized carbons (Fsp3) is 0. The van der Waals surface area contributed by atoms with Gasteiger partial charge in [0.25, 0.3) is 10.0 Å². The molecule has 0 amide bonds. The van der Waals surface area contributed by atoms with E-state index >= 15 is 0 Å². The fourth-order valence-corrected chi connectivity index (χ4v) is 3.88. The van der Waals surface area contributed by atoms with Gasteiger partial charge in [-0.3, -0.25) is 4.72 Å². The van der Waals surface area contributed by atoms with Crippen LogP contribution in [0.2, 0.25) is 0 Å². The normalized spacial score (nSPS) is 11.3. The van der Waals surface area contributed by atoms with E-state index in [1.807, 2.05) is 0 Å². The standard InChI is InChI=1S/C12H10Br2N2O2S/c13-8-1-4-10(5-2-8)16-19(17,18)12-6-3-9(15)7-11(12)14/h1-7,16H,15H2. The molecule has 0 spiro atoms. The molecule has 0 heterocycles. The van der Waals surface area contributed by atoms with E-state index in [2.05, 4.69) is 36.6 Å². The second-order valence-corrected chi connectivity index (χ2v) is 7.22. The quantitative estimate of drug-likeness (QED) is 0.766. The molecule has 3 N–H and O–H groups in total. The van der Waals surface area contributed by atoms with Crippen LogP contribution < -0.4 is 10.5 Å². The second-order valence-electron chi connectivity index (χ2n) is 3.80. The van der Waals surface area contributed by atoms with Gasteiger partial charge in [-0.25, -0.2) is 8.42 Å². The zero-order valence-corrected chi connectivity index (χ0v) is 13.6. The van der Waals surface area contributed by atoms with E-state index in [0.29, 0.717) is 15.8 Å². The predicted molar refractivity (Wildman–Crippen MR) is 83.5 cm³/mol. The number of sulfonamides is 1. The maximum atomic E-state index is 12.2. The zero-order chi connectivity index (χ0) is 14.0. The summed E-state index contributed by atoms with van der Waals surface area (Å²) in [7, 11) is -3.64. The Kier molecular flexibility index (Phi) is 4.17. The lowest BCUT2D eigenvalue weighted by Gasteiger charge is -2.10. The average Bonchev–Trinajstić information content (AvgIpc) is 2.31. The van der Waals surface area contributed by atoms with Crippen LogP contribution in [0.5, 0.6) is 0 Å². The molecule has 0 radical (unpaired) electrons. The van der Waals surface area contributed by atoms with E-state index in [4.69, 9.17) is 5.73 Å². The lowest BCUT2D eigenvalue weighted by molar-refractivity contribution is 0.601. The molecular weight excluding hydrogens is 396 g/mol. The van der Waals surface area contributed by atoms with Crippen molar-refractivity contribution in [1.82, 2.24) is 0 Å². The summed E-state index contributed by atoms with van der Waals surface area (Å²) in [5.74, 6) is 0. The van der Waals surface area contributed by atoms with E-state index in [1.165, 1.54) is 6.07 Å². The van der Waals surface area contributed by atoms with E-state index in [0.717, 1.165) is 4.47 Å². The molecule has 0 bridgehead atoms. The first-order valence-electron chi connectivity index (χ1n) is 5.22. The monoisotopic (exact) mass is 404 g/mol. The van der Waals surface area contributed by atoms with Crippen LogP contribution in [-0.4, -0.2) is 8.42 Å². The first kappa shape index (κ1) is 14.4. The van der Waals surface area contributed by atoms with Gasteiger partial charge in [-0.15, -0.1) is 0 Å². The van der Waals surface area contributed by atoms with Crippen LogP contribution in [0.1, 0.15) is 0 Å². The van der Waals surface area contributed by atoms with Crippen molar-refractivity contribution in [1.29, 1.82) is 0 Å². The maximum absolute atomic E-state index is 12.2. The molecule has 0 aliphatic rings. The summed E-state index contributed by atoms with van der Waals surface area (Å²) < 4.78 is 28.3. The molecule has 2 rings (SSSR count). The average molecular weight is 406 g/mol. The number of nitrogen functional groups attached to an aromatic ring is 1. The smallest absolute Gasteiger partial charge is 0.263 e. The molecule has 0 fully saturated rings. The number of nitrogens with two attached hydrogens (primary N) is 1. The number of rotatable bonds is 3. The molecule has 0 saturated heterocycles. The number of nitrogens with one attached hydrogen (secondary N) is 1. The Morgan fingerprint density at radius 3 is 2.21 bits per heavy atom. The van der Waals surface area contributed by atoms with Crippen molar-refractivity contribution in [2.75, 3.05) is 10.5 Å². The third-order valence-corrected chi connectivity index (χ3v) is 5.23. The van der Waals surface area contributed by atoms with Gasteiger partial charge in [0, 0.05) is 20.3 Å². The van der Waals surface area contributed by atoms with Crippen molar-refractivity contribution in [3.63, 3.8) is 0 Å².